The highest BCUT2D eigenvalue weighted by molar-refractivity contribution is 5.92. The summed E-state index contributed by atoms with van der Waals surface area (Å²) in [6.07, 6.45) is 1.88. The van der Waals surface area contributed by atoms with Gasteiger partial charge in [0, 0.05) is 5.39 Å². The zero-order chi connectivity index (χ0) is 19.8. The topological polar surface area (TPSA) is 80.0 Å². The van der Waals surface area contributed by atoms with E-state index >= 15 is 0 Å². The molecule has 1 aromatic carbocycles. The minimum absolute atomic E-state index is 0.0135. The van der Waals surface area contributed by atoms with E-state index in [1.165, 1.54) is 12.1 Å². The first-order valence-electron chi connectivity index (χ1n) is 9.59. The summed E-state index contributed by atoms with van der Waals surface area (Å²) in [5, 5.41) is 18.7. The molecule has 1 saturated heterocycles. The third kappa shape index (κ3) is 3.26. The number of benzene rings is 1. The van der Waals surface area contributed by atoms with E-state index in [9.17, 15) is 14.3 Å². The number of carbonyl (C=O) groups is 1. The molecular weight excluding hydrogens is 359 g/mol. The number of carboxylic acid groups (broad SMARTS) is 1. The van der Waals surface area contributed by atoms with Gasteiger partial charge in [-0.15, -0.1) is 0 Å². The number of carboxylic acids is 1. The average molecular weight is 382 g/mol. The van der Waals surface area contributed by atoms with Crippen LogP contribution in [-0.2, 0) is 0 Å². The van der Waals surface area contributed by atoms with Crippen LogP contribution in [0.3, 0.4) is 0 Å². The SMILES string of the molecule is CC(C)c1nn(-c2ccc(F)cc2)c2nc(C(=O)O)cc(C3CCNCC3)c12. The molecule has 0 aliphatic carbocycles. The minimum Gasteiger partial charge on any atom is -0.477 e. The maximum atomic E-state index is 13.4. The number of nitrogens with zero attached hydrogens (tertiary/aromatic N) is 3. The summed E-state index contributed by atoms with van der Waals surface area (Å²) in [6.45, 7) is 5.93. The van der Waals surface area contributed by atoms with Gasteiger partial charge in [-0.1, -0.05) is 13.8 Å². The van der Waals surface area contributed by atoms with Gasteiger partial charge < -0.3 is 10.4 Å². The van der Waals surface area contributed by atoms with Crippen LogP contribution >= 0.6 is 0 Å². The second-order valence-corrected chi connectivity index (χ2v) is 7.55. The number of hydrogen-bond acceptors (Lipinski definition) is 4. The molecule has 0 spiro atoms. The lowest BCUT2D eigenvalue weighted by Gasteiger charge is -2.24. The normalized spacial score (nSPS) is 15.4. The first kappa shape index (κ1) is 18.6. The molecule has 4 rings (SSSR count). The predicted octanol–water partition coefficient (Wildman–Crippen LogP) is 3.85. The van der Waals surface area contributed by atoms with E-state index in [4.69, 9.17) is 5.10 Å². The summed E-state index contributed by atoms with van der Waals surface area (Å²) < 4.78 is 15.0. The molecule has 0 radical (unpaired) electrons. The number of aromatic nitrogens is 3. The molecule has 3 aromatic rings. The number of halogens is 1. The average Bonchev–Trinajstić information content (AvgIpc) is 3.08. The fourth-order valence-corrected chi connectivity index (χ4v) is 3.90. The van der Waals surface area contributed by atoms with Crippen LogP contribution in [0.4, 0.5) is 4.39 Å². The van der Waals surface area contributed by atoms with Crippen LogP contribution in [0.25, 0.3) is 16.7 Å². The zero-order valence-corrected chi connectivity index (χ0v) is 15.9. The van der Waals surface area contributed by atoms with Gasteiger partial charge in [-0.2, -0.15) is 5.10 Å². The van der Waals surface area contributed by atoms with E-state index in [0.29, 0.717) is 11.3 Å². The summed E-state index contributed by atoms with van der Waals surface area (Å²) in [5.41, 5.74) is 3.08. The first-order chi connectivity index (χ1) is 13.5. The zero-order valence-electron chi connectivity index (χ0n) is 15.9. The van der Waals surface area contributed by atoms with E-state index in [0.717, 1.165) is 42.6 Å². The smallest absolute Gasteiger partial charge is 0.354 e. The summed E-state index contributed by atoms with van der Waals surface area (Å²) in [7, 11) is 0. The molecule has 7 heteroatoms. The Kier molecular flexibility index (Phi) is 4.85. The van der Waals surface area contributed by atoms with Crippen LogP contribution in [0.5, 0.6) is 0 Å². The molecule has 2 aromatic heterocycles. The monoisotopic (exact) mass is 382 g/mol. The van der Waals surface area contributed by atoms with Crippen molar-refractivity contribution in [2.45, 2.75) is 38.5 Å². The first-order valence-corrected chi connectivity index (χ1v) is 9.59. The van der Waals surface area contributed by atoms with Gasteiger partial charge >= 0.3 is 5.97 Å². The Balaban J connectivity index is 2.02. The maximum absolute atomic E-state index is 13.4. The molecule has 0 atom stereocenters. The minimum atomic E-state index is -1.06. The Bertz CT molecular complexity index is 1020. The fraction of sp³-hybridized carbons (Fsp3) is 0.381. The number of piperidine rings is 1. The number of fused-ring (bicyclic) bond motifs is 1. The van der Waals surface area contributed by atoms with Crippen LogP contribution in [0.2, 0.25) is 0 Å². The van der Waals surface area contributed by atoms with Gasteiger partial charge in [0.15, 0.2) is 11.3 Å². The van der Waals surface area contributed by atoms with Crippen molar-refractivity contribution in [2.75, 3.05) is 13.1 Å². The lowest BCUT2D eigenvalue weighted by Crippen LogP contribution is -2.27. The molecule has 1 fully saturated rings. The highest BCUT2D eigenvalue weighted by Gasteiger charge is 2.26. The Labute approximate surface area is 162 Å². The van der Waals surface area contributed by atoms with E-state index < -0.39 is 5.97 Å². The predicted molar refractivity (Wildman–Crippen MR) is 105 cm³/mol. The van der Waals surface area contributed by atoms with E-state index in [2.05, 4.69) is 24.1 Å². The molecule has 3 heterocycles. The van der Waals surface area contributed by atoms with Crippen molar-refractivity contribution in [3.63, 3.8) is 0 Å². The third-order valence-corrected chi connectivity index (χ3v) is 5.31. The van der Waals surface area contributed by atoms with Crippen LogP contribution in [0.15, 0.2) is 30.3 Å². The van der Waals surface area contributed by atoms with Gasteiger partial charge in [-0.05, 0) is 73.7 Å². The second kappa shape index (κ2) is 7.31. The lowest BCUT2D eigenvalue weighted by molar-refractivity contribution is 0.0690. The van der Waals surface area contributed by atoms with Crippen LogP contribution in [0, 0.1) is 5.82 Å². The van der Waals surface area contributed by atoms with Gasteiger partial charge in [0.2, 0.25) is 0 Å². The standard InChI is InChI=1S/C21H23FN4O2/c1-12(2)19-18-16(13-7-9-23-10-8-13)11-17(21(27)28)24-20(18)26(25-19)15-5-3-14(22)4-6-15/h3-6,11-13,23H,7-10H2,1-2H3,(H,27,28). The molecule has 0 saturated carbocycles. The number of rotatable bonds is 4. The molecule has 0 bridgehead atoms. The third-order valence-electron chi connectivity index (χ3n) is 5.31. The number of hydrogen-bond donors (Lipinski definition) is 2. The van der Waals surface area contributed by atoms with Crippen molar-refractivity contribution in [3.8, 4) is 5.69 Å². The Morgan fingerprint density at radius 3 is 2.54 bits per heavy atom. The summed E-state index contributed by atoms with van der Waals surface area (Å²) in [4.78, 5) is 16.2. The van der Waals surface area contributed by atoms with E-state index in [-0.39, 0.29) is 23.3 Å². The molecule has 28 heavy (non-hydrogen) atoms. The van der Waals surface area contributed by atoms with Crippen LogP contribution < -0.4 is 5.32 Å². The van der Waals surface area contributed by atoms with Gasteiger partial charge in [0.25, 0.3) is 0 Å². The molecular formula is C21H23FN4O2. The molecule has 2 N–H and O–H groups in total. The van der Waals surface area contributed by atoms with Crippen LogP contribution in [-0.4, -0.2) is 38.9 Å². The van der Waals surface area contributed by atoms with Gasteiger partial charge in [0.1, 0.15) is 5.82 Å². The van der Waals surface area contributed by atoms with E-state index in [1.54, 1.807) is 22.9 Å². The molecule has 0 amide bonds. The van der Waals surface area contributed by atoms with E-state index in [1.807, 2.05) is 0 Å². The van der Waals surface area contributed by atoms with Crippen molar-refractivity contribution in [2.24, 2.45) is 0 Å². The van der Waals surface area contributed by atoms with Crippen molar-refractivity contribution in [1.82, 2.24) is 20.1 Å². The summed E-state index contributed by atoms with van der Waals surface area (Å²) >= 11 is 0. The maximum Gasteiger partial charge on any atom is 0.354 e. The molecule has 6 nitrogen and oxygen atoms in total. The van der Waals surface area contributed by atoms with Crippen molar-refractivity contribution < 1.29 is 14.3 Å². The molecule has 1 aliphatic rings. The van der Waals surface area contributed by atoms with Gasteiger partial charge in [0.05, 0.1) is 11.4 Å². The summed E-state index contributed by atoms with van der Waals surface area (Å²) in [5.74, 6) is -0.996. The van der Waals surface area contributed by atoms with Crippen LogP contribution in [0.1, 0.15) is 60.3 Å². The molecule has 1 aliphatic heterocycles. The Hall–Kier alpha value is -2.80. The molecule has 0 unspecified atom stereocenters. The second-order valence-electron chi connectivity index (χ2n) is 7.55. The Morgan fingerprint density at radius 2 is 1.93 bits per heavy atom. The quantitative estimate of drug-likeness (QED) is 0.716. The number of pyridine rings is 1. The largest absolute Gasteiger partial charge is 0.477 e. The summed E-state index contributed by atoms with van der Waals surface area (Å²) in [6, 6.07) is 7.71. The Morgan fingerprint density at radius 1 is 1.25 bits per heavy atom. The highest BCUT2D eigenvalue weighted by atomic mass is 19.1. The number of nitrogens with one attached hydrogen (secondary N) is 1. The number of aromatic carboxylic acids is 1. The lowest BCUT2D eigenvalue weighted by atomic mass is 9.87. The van der Waals surface area contributed by atoms with Gasteiger partial charge in [-0.25, -0.2) is 18.9 Å². The van der Waals surface area contributed by atoms with Crippen molar-refractivity contribution >= 4 is 17.0 Å². The molecule has 146 valence electrons. The van der Waals surface area contributed by atoms with Gasteiger partial charge in [-0.3, -0.25) is 0 Å². The van der Waals surface area contributed by atoms with Crippen molar-refractivity contribution in [3.05, 3.63) is 53.1 Å². The highest BCUT2D eigenvalue weighted by Crippen LogP contribution is 2.36. The van der Waals surface area contributed by atoms with Crippen molar-refractivity contribution in [1.29, 1.82) is 0 Å². The fourth-order valence-electron chi connectivity index (χ4n) is 3.90.